The zero-order chi connectivity index (χ0) is 21.4. The second kappa shape index (κ2) is 8.12. The van der Waals surface area contributed by atoms with Gasteiger partial charge in [0.15, 0.2) is 10.6 Å². The van der Waals surface area contributed by atoms with Gasteiger partial charge < -0.3 is 14.6 Å². The van der Waals surface area contributed by atoms with E-state index in [1.807, 2.05) is 13.0 Å². The molecule has 1 aromatic heterocycles. The number of aryl methyl sites for hydroxylation is 1. The van der Waals surface area contributed by atoms with E-state index in [1.54, 1.807) is 37.4 Å². The molecule has 1 atom stereocenters. The lowest BCUT2D eigenvalue weighted by Crippen LogP contribution is -2.25. The highest BCUT2D eigenvalue weighted by atomic mass is 32.2. The number of carbonyl (C=O) groups is 3. The van der Waals surface area contributed by atoms with E-state index < -0.39 is 17.7 Å². The first kappa shape index (κ1) is 20.4. The van der Waals surface area contributed by atoms with Crippen LogP contribution in [-0.4, -0.2) is 34.8 Å². The molecule has 0 amide bonds. The fourth-order valence-corrected chi connectivity index (χ4v) is 6.26. The maximum Gasteiger partial charge on any atom is 0.349 e. The SMILES string of the molecule is COc1cc2c(Oc3ccc(C4CC[SH4]C(=O)C4=O)cc3)c(C(=O)O)sc2cc1C. The molecule has 158 valence electrons. The molecule has 30 heavy (non-hydrogen) atoms. The van der Waals surface area contributed by atoms with Crippen molar-refractivity contribution in [3.8, 4) is 17.2 Å². The monoisotopic (exact) mass is 446 g/mol. The van der Waals surface area contributed by atoms with Crippen molar-refractivity contribution in [3.05, 3.63) is 52.4 Å². The minimum Gasteiger partial charge on any atom is -0.496 e. The molecule has 0 aliphatic carbocycles. The van der Waals surface area contributed by atoms with E-state index in [0.29, 0.717) is 23.3 Å². The number of rotatable bonds is 5. The number of aromatic carboxylic acids is 1. The van der Waals surface area contributed by atoms with Crippen molar-refractivity contribution in [1.29, 1.82) is 0 Å². The van der Waals surface area contributed by atoms with Gasteiger partial charge in [0.25, 0.3) is 0 Å². The van der Waals surface area contributed by atoms with Crippen molar-refractivity contribution in [3.63, 3.8) is 0 Å². The number of fused-ring (bicyclic) bond motifs is 1. The number of thiophene rings is 1. The van der Waals surface area contributed by atoms with Gasteiger partial charge in [-0.1, -0.05) is 12.1 Å². The summed E-state index contributed by atoms with van der Waals surface area (Å²) in [5.41, 5.74) is 1.70. The number of Topliss-reactive ketones (excluding diaryl/α,β-unsaturated/α-hetero) is 1. The molecular weight excluding hydrogens is 424 g/mol. The summed E-state index contributed by atoms with van der Waals surface area (Å²) in [6.45, 7) is 1.90. The average molecular weight is 447 g/mol. The summed E-state index contributed by atoms with van der Waals surface area (Å²) in [6, 6.07) is 10.6. The highest BCUT2D eigenvalue weighted by Gasteiger charge is 2.29. The van der Waals surface area contributed by atoms with Crippen LogP contribution in [-0.2, 0) is 9.59 Å². The van der Waals surface area contributed by atoms with E-state index in [-0.39, 0.29) is 27.4 Å². The highest BCUT2D eigenvalue weighted by Crippen LogP contribution is 2.43. The summed E-state index contributed by atoms with van der Waals surface area (Å²) in [7, 11) is 1.57. The van der Waals surface area contributed by atoms with Crippen LogP contribution in [0.25, 0.3) is 10.1 Å². The van der Waals surface area contributed by atoms with Crippen molar-refractivity contribution in [2.24, 2.45) is 0 Å². The fraction of sp³-hybridized carbons (Fsp3) is 0.227. The Morgan fingerprint density at radius 3 is 2.60 bits per heavy atom. The van der Waals surface area contributed by atoms with Gasteiger partial charge in [0, 0.05) is 10.1 Å². The van der Waals surface area contributed by atoms with Crippen LogP contribution >= 0.6 is 23.1 Å². The molecule has 3 aromatic rings. The Morgan fingerprint density at radius 2 is 1.93 bits per heavy atom. The molecule has 1 aliphatic heterocycles. The lowest BCUT2D eigenvalue weighted by Gasteiger charge is -2.21. The van der Waals surface area contributed by atoms with E-state index in [4.69, 9.17) is 9.47 Å². The molecular formula is C22H22O6S2. The zero-order valence-electron chi connectivity index (χ0n) is 16.6. The summed E-state index contributed by atoms with van der Waals surface area (Å²) in [5.74, 6) is 0.513. The number of ether oxygens (including phenoxy) is 2. The number of benzene rings is 2. The Balaban J connectivity index is 1.68. The number of carboxylic acid groups (broad SMARTS) is 1. The van der Waals surface area contributed by atoms with Gasteiger partial charge in [0.2, 0.25) is 10.9 Å². The first-order chi connectivity index (χ1) is 14.4. The largest absolute Gasteiger partial charge is 0.496 e. The third kappa shape index (κ3) is 3.68. The summed E-state index contributed by atoms with van der Waals surface area (Å²) >= 11 is 0.242. The van der Waals surface area contributed by atoms with Crippen LogP contribution in [0.1, 0.15) is 33.1 Å². The number of hydrogen-bond donors (Lipinski definition) is 1. The van der Waals surface area contributed by atoms with Gasteiger partial charge >= 0.3 is 5.97 Å². The maximum absolute atomic E-state index is 12.2. The molecule has 6 nitrogen and oxygen atoms in total. The van der Waals surface area contributed by atoms with Crippen LogP contribution in [0.3, 0.4) is 0 Å². The van der Waals surface area contributed by atoms with Gasteiger partial charge in [-0.15, -0.1) is 11.3 Å². The van der Waals surface area contributed by atoms with Crippen molar-refractivity contribution in [2.45, 2.75) is 19.3 Å². The van der Waals surface area contributed by atoms with E-state index in [0.717, 1.165) is 32.9 Å². The van der Waals surface area contributed by atoms with E-state index in [2.05, 4.69) is 0 Å². The fourth-order valence-electron chi connectivity index (χ4n) is 3.78. The van der Waals surface area contributed by atoms with Crippen LogP contribution in [0.15, 0.2) is 36.4 Å². The van der Waals surface area contributed by atoms with Crippen molar-refractivity contribution in [2.75, 3.05) is 12.9 Å². The molecule has 1 aliphatic rings. The predicted molar refractivity (Wildman–Crippen MR) is 122 cm³/mol. The summed E-state index contributed by atoms with van der Waals surface area (Å²) in [5, 5.41) is 10.1. The van der Waals surface area contributed by atoms with Gasteiger partial charge in [-0.3, -0.25) is 21.4 Å². The Labute approximate surface area is 180 Å². The summed E-state index contributed by atoms with van der Waals surface area (Å²) in [6.07, 6.45) is 0.717. The predicted octanol–water partition coefficient (Wildman–Crippen LogP) is 3.95. The zero-order valence-corrected chi connectivity index (χ0v) is 18.8. The minimum atomic E-state index is -1.06. The number of carbonyl (C=O) groups excluding carboxylic acids is 2. The smallest absolute Gasteiger partial charge is 0.349 e. The molecule has 1 saturated heterocycles. The average Bonchev–Trinajstić information content (AvgIpc) is 3.07. The summed E-state index contributed by atoms with van der Waals surface area (Å²) < 4.78 is 12.2. The molecule has 2 aromatic carbocycles. The quantitative estimate of drug-likeness (QED) is 0.597. The normalized spacial score (nSPS) is 16.9. The highest BCUT2D eigenvalue weighted by molar-refractivity contribution is 8.15. The number of carboxylic acids is 1. The Hall–Kier alpha value is -2.84. The molecule has 0 bridgehead atoms. The summed E-state index contributed by atoms with van der Waals surface area (Å²) in [4.78, 5) is 35.9. The van der Waals surface area contributed by atoms with E-state index >= 15 is 0 Å². The lowest BCUT2D eigenvalue weighted by atomic mass is 9.92. The molecule has 1 fully saturated rings. The molecule has 0 saturated carbocycles. The van der Waals surface area contributed by atoms with Crippen molar-refractivity contribution in [1.82, 2.24) is 0 Å². The van der Waals surface area contributed by atoms with Crippen LogP contribution in [0.4, 0.5) is 0 Å². The van der Waals surface area contributed by atoms with Gasteiger partial charge in [0.1, 0.15) is 11.5 Å². The molecule has 0 radical (unpaired) electrons. The maximum atomic E-state index is 12.2. The standard InChI is InChI=1S/C22H22O6S2/c1-11-9-17-15(10-16(11)27-2)19(20(30-17)21(24)25)28-13-5-3-12(4-6-13)14-7-8-29-22(26)18(14)23/h3-6,9-10,14H,7-8H2,1-2H3,29H4,(H,24,25). The minimum absolute atomic E-state index is 0.111. The Kier molecular flexibility index (Phi) is 5.53. The Bertz CT molecular complexity index is 1160. The van der Waals surface area contributed by atoms with Gasteiger partial charge in [-0.2, -0.15) is 0 Å². The molecule has 8 heteroatoms. The van der Waals surface area contributed by atoms with E-state index in [1.165, 1.54) is 0 Å². The van der Waals surface area contributed by atoms with Gasteiger partial charge in [-0.05, 0) is 54.5 Å². The van der Waals surface area contributed by atoms with Gasteiger partial charge in [-0.25, -0.2) is 4.79 Å². The second-order valence-corrected chi connectivity index (χ2v) is 10.2. The molecule has 1 unspecified atom stereocenters. The van der Waals surface area contributed by atoms with Crippen molar-refractivity contribution < 1.29 is 29.0 Å². The second-order valence-electron chi connectivity index (χ2n) is 7.29. The number of hydrogen-bond acceptors (Lipinski definition) is 6. The van der Waals surface area contributed by atoms with Crippen molar-refractivity contribution >= 4 is 50.1 Å². The van der Waals surface area contributed by atoms with E-state index in [9.17, 15) is 19.5 Å². The first-order valence-corrected chi connectivity index (χ1v) is 12.1. The molecule has 2 heterocycles. The molecule has 4 rings (SSSR count). The topological polar surface area (TPSA) is 89.9 Å². The van der Waals surface area contributed by atoms with Crippen LogP contribution in [0.5, 0.6) is 17.2 Å². The number of methoxy groups -OCH3 is 1. The van der Waals surface area contributed by atoms with Gasteiger partial charge in [0.05, 0.1) is 13.0 Å². The number of ketones is 1. The molecule has 0 spiro atoms. The third-order valence-corrected chi connectivity index (χ3v) is 8.03. The van der Waals surface area contributed by atoms with Crippen LogP contribution in [0, 0.1) is 6.92 Å². The van der Waals surface area contributed by atoms with Crippen LogP contribution < -0.4 is 9.47 Å². The Morgan fingerprint density at radius 1 is 1.20 bits per heavy atom. The lowest BCUT2D eigenvalue weighted by molar-refractivity contribution is -0.133. The van der Waals surface area contributed by atoms with Crippen LogP contribution in [0.2, 0.25) is 0 Å². The first-order valence-electron chi connectivity index (χ1n) is 9.58. The molecule has 1 N–H and O–H groups in total. The third-order valence-electron chi connectivity index (χ3n) is 5.34.